The van der Waals surface area contributed by atoms with Crippen LogP contribution >= 0.6 is 0 Å². The van der Waals surface area contributed by atoms with Crippen LogP contribution in [-0.4, -0.2) is 23.2 Å². The van der Waals surface area contributed by atoms with Gasteiger partial charge in [0.05, 0.1) is 26.5 Å². The van der Waals surface area contributed by atoms with E-state index in [0.717, 1.165) is 35.7 Å². The summed E-state index contributed by atoms with van der Waals surface area (Å²) in [4.78, 5) is 2.40. The van der Waals surface area contributed by atoms with Crippen LogP contribution < -0.4 is 4.74 Å². The average molecular weight is 317 g/mol. The van der Waals surface area contributed by atoms with E-state index >= 15 is 0 Å². The number of aliphatic hydroxyl groups excluding tert-OH is 1. The fourth-order valence-corrected chi connectivity index (χ4v) is 2.66. The summed E-state index contributed by atoms with van der Waals surface area (Å²) in [7, 11) is 1.62. The first-order chi connectivity index (χ1) is 11.0. The first-order valence-corrected chi connectivity index (χ1v) is 8.08. The molecule has 4 heteroatoms. The van der Waals surface area contributed by atoms with Crippen molar-refractivity contribution in [3.05, 3.63) is 53.5 Å². The minimum atomic E-state index is -0.0189. The maximum atomic E-state index is 9.50. The Morgan fingerprint density at radius 2 is 1.96 bits per heavy atom. The third-order valence-corrected chi connectivity index (χ3v) is 4.38. The second kappa shape index (κ2) is 8.18. The molecule has 0 spiro atoms. The summed E-state index contributed by atoms with van der Waals surface area (Å²) in [6.07, 6.45) is 1.71. The number of rotatable bonds is 8. The van der Waals surface area contributed by atoms with Gasteiger partial charge in [-0.1, -0.05) is 19.9 Å². The highest BCUT2D eigenvalue weighted by molar-refractivity contribution is 5.36. The summed E-state index contributed by atoms with van der Waals surface area (Å²) in [5.74, 6) is 2.24. The number of hydrogen-bond acceptors (Lipinski definition) is 4. The molecule has 0 aliphatic rings. The zero-order valence-corrected chi connectivity index (χ0v) is 14.5. The molecule has 0 unspecified atom stereocenters. The number of aliphatic hydroxyl groups is 1. The van der Waals surface area contributed by atoms with Crippen molar-refractivity contribution < 1.29 is 14.3 Å². The van der Waals surface area contributed by atoms with Gasteiger partial charge in [-0.25, -0.2) is 0 Å². The SMILES string of the molecule is COc1ccc(CN(Cc2ccco2)[C@@H](C)C(C)C)cc1CO. The molecule has 0 radical (unpaired) electrons. The van der Waals surface area contributed by atoms with Gasteiger partial charge in [0.2, 0.25) is 0 Å². The number of ether oxygens (including phenoxy) is 1. The third-order valence-electron chi connectivity index (χ3n) is 4.38. The standard InChI is InChI=1S/C19H27NO3/c1-14(2)15(3)20(12-18-6-5-9-23-18)11-16-7-8-19(22-4)17(10-16)13-21/h5-10,14-15,21H,11-13H2,1-4H3/t15-/m0/s1. The molecule has 1 heterocycles. The molecule has 0 saturated heterocycles. The topological polar surface area (TPSA) is 45.8 Å². The van der Waals surface area contributed by atoms with Crippen LogP contribution in [0.2, 0.25) is 0 Å². The van der Waals surface area contributed by atoms with E-state index in [-0.39, 0.29) is 6.61 Å². The second-order valence-electron chi connectivity index (χ2n) is 6.27. The molecule has 0 bridgehead atoms. The zero-order valence-electron chi connectivity index (χ0n) is 14.5. The maximum Gasteiger partial charge on any atom is 0.124 e. The molecule has 23 heavy (non-hydrogen) atoms. The van der Waals surface area contributed by atoms with Crippen molar-refractivity contribution in [3.63, 3.8) is 0 Å². The lowest BCUT2D eigenvalue weighted by molar-refractivity contribution is 0.140. The normalized spacial score (nSPS) is 12.8. The number of furan rings is 1. The van der Waals surface area contributed by atoms with Gasteiger partial charge in [-0.2, -0.15) is 0 Å². The first-order valence-electron chi connectivity index (χ1n) is 8.08. The fraction of sp³-hybridized carbons (Fsp3) is 0.474. The van der Waals surface area contributed by atoms with Crippen molar-refractivity contribution in [1.29, 1.82) is 0 Å². The number of methoxy groups -OCH3 is 1. The van der Waals surface area contributed by atoms with E-state index in [1.54, 1.807) is 13.4 Å². The molecule has 0 saturated carbocycles. The van der Waals surface area contributed by atoms with Crippen LogP contribution in [0.1, 0.15) is 37.7 Å². The van der Waals surface area contributed by atoms with Crippen LogP contribution in [0, 0.1) is 5.92 Å². The Morgan fingerprint density at radius 1 is 1.17 bits per heavy atom. The summed E-state index contributed by atoms with van der Waals surface area (Å²) >= 11 is 0. The highest BCUT2D eigenvalue weighted by Crippen LogP contribution is 2.23. The molecule has 0 aliphatic carbocycles. The van der Waals surface area contributed by atoms with E-state index in [2.05, 4.69) is 31.7 Å². The van der Waals surface area contributed by atoms with Gasteiger partial charge in [-0.3, -0.25) is 4.90 Å². The van der Waals surface area contributed by atoms with Gasteiger partial charge in [-0.05, 0) is 42.7 Å². The zero-order chi connectivity index (χ0) is 16.8. The van der Waals surface area contributed by atoms with Gasteiger partial charge in [-0.15, -0.1) is 0 Å². The summed E-state index contributed by atoms with van der Waals surface area (Å²) in [6.45, 7) is 8.25. The van der Waals surface area contributed by atoms with Crippen molar-refractivity contribution >= 4 is 0 Å². The smallest absolute Gasteiger partial charge is 0.124 e. The van der Waals surface area contributed by atoms with Gasteiger partial charge in [0.25, 0.3) is 0 Å². The van der Waals surface area contributed by atoms with Crippen LogP contribution in [0.15, 0.2) is 41.0 Å². The number of hydrogen-bond donors (Lipinski definition) is 1. The molecule has 1 aromatic heterocycles. The maximum absolute atomic E-state index is 9.50. The van der Waals surface area contributed by atoms with E-state index in [4.69, 9.17) is 9.15 Å². The monoisotopic (exact) mass is 317 g/mol. The molecule has 2 aromatic rings. The lowest BCUT2D eigenvalue weighted by Gasteiger charge is -2.31. The van der Waals surface area contributed by atoms with Gasteiger partial charge < -0.3 is 14.3 Å². The fourth-order valence-electron chi connectivity index (χ4n) is 2.66. The summed E-state index contributed by atoms with van der Waals surface area (Å²) in [5, 5.41) is 9.50. The minimum Gasteiger partial charge on any atom is -0.496 e. The Labute approximate surface area is 138 Å². The van der Waals surface area contributed by atoms with E-state index < -0.39 is 0 Å². The second-order valence-corrected chi connectivity index (χ2v) is 6.27. The van der Waals surface area contributed by atoms with Crippen molar-refractivity contribution in [2.75, 3.05) is 7.11 Å². The number of benzene rings is 1. The summed E-state index contributed by atoms with van der Waals surface area (Å²) in [6, 6.07) is 10.3. The van der Waals surface area contributed by atoms with Gasteiger partial charge in [0.1, 0.15) is 11.5 Å². The lowest BCUT2D eigenvalue weighted by atomic mass is 10.0. The lowest BCUT2D eigenvalue weighted by Crippen LogP contribution is -2.35. The Balaban J connectivity index is 2.19. The summed E-state index contributed by atoms with van der Waals surface area (Å²) in [5.41, 5.74) is 1.98. The van der Waals surface area contributed by atoms with Crippen molar-refractivity contribution in [2.45, 2.75) is 46.5 Å². The van der Waals surface area contributed by atoms with Gasteiger partial charge in [0.15, 0.2) is 0 Å². The molecular weight excluding hydrogens is 290 g/mol. The molecule has 1 aromatic carbocycles. The molecule has 1 N–H and O–H groups in total. The van der Waals surface area contributed by atoms with Crippen LogP contribution in [0.25, 0.3) is 0 Å². The highest BCUT2D eigenvalue weighted by Gasteiger charge is 2.19. The van der Waals surface area contributed by atoms with E-state index in [1.807, 2.05) is 24.3 Å². The van der Waals surface area contributed by atoms with Crippen molar-refractivity contribution in [1.82, 2.24) is 4.90 Å². The largest absolute Gasteiger partial charge is 0.496 e. The predicted molar refractivity (Wildman–Crippen MR) is 91.2 cm³/mol. The minimum absolute atomic E-state index is 0.0189. The van der Waals surface area contributed by atoms with Crippen LogP contribution in [-0.2, 0) is 19.7 Å². The quantitative estimate of drug-likeness (QED) is 0.804. The number of nitrogens with zero attached hydrogens (tertiary/aromatic N) is 1. The van der Waals surface area contributed by atoms with Crippen molar-refractivity contribution in [2.24, 2.45) is 5.92 Å². The molecule has 0 aliphatic heterocycles. The average Bonchev–Trinajstić information content (AvgIpc) is 3.06. The Hall–Kier alpha value is -1.78. The summed E-state index contributed by atoms with van der Waals surface area (Å²) < 4.78 is 10.8. The Kier molecular flexibility index (Phi) is 6.25. The third kappa shape index (κ3) is 4.60. The van der Waals surface area contributed by atoms with E-state index in [9.17, 15) is 5.11 Å². The molecule has 4 nitrogen and oxygen atoms in total. The Morgan fingerprint density at radius 3 is 2.52 bits per heavy atom. The molecule has 0 amide bonds. The van der Waals surface area contributed by atoms with E-state index in [0.29, 0.717) is 12.0 Å². The molecule has 126 valence electrons. The highest BCUT2D eigenvalue weighted by atomic mass is 16.5. The van der Waals surface area contributed by atoms with Crippen molar-refractivity contribution in [3.8, 4) is 5.75 Å². The van der Waals surface area contributed by atoms with Crippen LogP contribution in [0.5, 0.6) is 5.75 Å². The molecule has 2 rings (SSSR count). The molecular formula is C19H27NO3. The van der Waals surface area contributed by atoms with Crippen LogP contribution in [0.3, 0.4) is 0 Å². The van der Waals surface area contributed by atoms with Crippen LogP contribution in [0.4, 0.5) is 0 Å². The molecule has 1 atom stereocenters. The predicted octanol–water partition coefficient (Wildman–Crippen LogP) is 3.83. The van der Waals surface area contributed by atoms with Gasteiger partial charge in [0, 0.05) is 18.2 Å². The Bertz CT molecular complexity index is 593. The van der Waals surface area contributed by atoms with Gasteiger partial charge >= 0.3 is 0 Å². The van der Waals surface area contributed by atoms with E-state index in [1.165, 1.54) is 0 Å². The molecule has 0 fully saturated rings. The first kappa shape index (κ1) is 17.6.